The fourth-order valence-corrected chi connectivity index (χ4v) is 3.66. The SMILES string of the molecule is O=C(C1=C(O)C(=O)N(C[C@@H]2CCCO2)[C@@H]1c1cccc(O)c1)c1ccco1. The van der Waals surface area contributed by atoms with Crippen molar-refractivity contribution in [3.63, 3.8) is 0 Å². The van der Waals surface area contributed by atoms with Gasteiger partial charge in [-0.15, -0.1) is 0 Å². The van der Waals surface area contributed by atoms with Gasteiger partial charge in [0.25, 0.3) is 5.91 Å². The summed E-state index contributed by atoms with van der Waals surface area (Å²) < 4.78 is 10.8. The zero-order valence-corrected chi connectivity index (χ0v) is 14.5. The number of carbonyl (C=O) groups excluding carboxylic acids is 2. The van der Waals surface area contributed by atoms with Crippen molar-refractivity contribution in [3.05, 3.63) is 65.3 Å². The van der Waals surface area contributed by atoms with Crippen molar-refractivity contribution in [2.75, 3.05) is 13.2 Å². The summed E-state index contributed by atoms with van der Waals surface area (Å²) in [4.78, 5) is 27.1. The predicted octanol–water partition coefficient (Wildman–Crippen LogP) is 2.74. The molecule has 7 nitrogen and oxygen atoms in total. The van der Waals surface area contributed by atoms with Gasteiger partial charge in [-0.3, -0.25) is 9.59 Å². The minimum Gasteiger partial charge on any atom is -0.508 e. The molecule has 1 aromatic heterocycles. The van der Waals surface area contributed by atoms with Crippen LogP contribution in [0.3, 0.4) is 0 Å². The fraction of sp³-hybridized carbons (Fsp3) is 0.300. The summed E-state index contributed by atoms with van der Waals surface area (Å²) >= 11 is 0. The minimum absolute atomic E-state index is 0.00760. The predicted molar refractivity (Wildman–Crippen MR) is 94.2 cm³/mol. The van der Waals surface area contributed by atoms with E-state index in [1.54, 1.807) is 18.2 Å². The molecule has 2 aliphatic rings. The molecule has 0 bridgehead atoms. The molecule has 27 heavy (non-hydrogen) atoms. The Bertz CT molecular complexity index is 895. The molecule has 1 saturated heterocycles. The number of benzene rings is 1. The van der Waals surface area contributed by atoms with Gasteiger partial charge in [0.1, 0.15) is 5.75 Å². The first-order valence-electron chi connectivity index (χ1n) is 8.79. The zero-order valence-electron chi connectivity index (χ0n) is 14.5. The van der Waals surface area contributed by atoms with E-state index in [1.807, 2.05) is 0 Å². The average molecular weight is 369 g/mol. The number of hydrogen-bond donors (Lipinski definition) is 2. The number of ketones is 1. The first kappa shape index (κ1) is 17.4. The molecule has 4 rings (SSSR count). The number of aromatic hydroxyl groups is 1. The highest BCUT2D eigenvalue weighted by Crippen LogP contribution is 2.40. The maximum atomic E-state index is 12.9. The van der Waals surface area contributed by atoms with Crippen LogP contribution < -0.4 is 0 Å². The molecule has 3 heterocycles. The molecule has 0 saturated carbocycles. The van der Waals surface area contributed by atoms with Gasteiger partial charge < -0.3 is 24.3 Å². The third kappa shape index (κ3) is 3.10. The Morgan fingerprint density at radius 2 is 2.07 bits per heavy atom. The van der Waals surface area contributed by atoms with Crippen LogP contribution >= 0.6 is 0 Å². The monoisotopic (exact) mass is 369 g/mol. The molecule has 0 spiro atoms. The molecule has 0 unspecified atom stereocenters. The summed E-state index contributed by atoms with van der Waals surface area (Å²) in [7, 11) is 0. The lowest BCUT2D eigenvalue weighted by Crippen LogP contribution is -2.37. The van der Waals surface area contributed by atoms with Gasteiger partial charge in [0.05, 0.1) is 24.0 Å². The molecular weight excluding hydrogens is 350 g/mol. The fourth-order valence-electron chi connectivity index (χ4n) is 3.66. The largest absolute Gasteiger partial charge is 0.508 e. The number of aliphatic hydroxyl groups excluding tert-OH is 1. The number of phenols is 1. The van der Waals surface area contributed by atoms with E-state index in [1.165, 1.54) is 29.4 Å². The van der Waals surface area contributed by atoms with Crippen molar-refractivity contribution in [3.8, 4) is 5.75 Å². The van der Waals surface area contributed by atoms with Crippen molar-refractivity contribution in [2.45, 2.75) is 25.0 Å². The maximum absolute atomic E-state index is 12.9. The van der Waals surface area contributed by atoms with Gasteiger partial charge >= 0.3 is 0 Å². The van der Waals surface area contributed by atoms with Crippen LogP contribution in [-0.4, -0.2) is 46.1 Å². The van der Waals surface area contributed by atoms with Crippen LogP contribution in [0.1, 0.15) is 35.0 Å². The van der Waals surface area contributed by atoms with Gasteiger partial charge in [0.2, 0.25) is 5.78 Å². The van der Waals surface area contributed by atoms with Crippen molar-refractivity contribution in [1.82, 2.24) is 4.90 Å². The van der Waals surface area contributed by atoms with Crippen molar-refractivity contribution < 1.29 is 29.0 Å². The molecule has 2 aromatic rings. The van der Waals surface area contributed by atoms with Gasteiger partial charge in [-0.25, -0.2) is 0 Å². The smallest absolute Gasteiger partial charge is 0.290 e. The van der Waals surface area contributed by atoms with E-state index in [9.17, 15) is 19.8 Å². The van der Waals surface area contributed by atoms with E-state index >= 15 is 0 Å². The molecule has 1 amide bonds. The molecule has 140 valence electrons. The molecular formula is C20H19NO6. The number of aliphatic hydroxyl groups is 1. The van der Waals surface area contributed by atoms with E-state index < -0.39 is 23.5 Å². The van der Waals surface area contributed by atoms with Crippen LogP contribution in [0.15, 0.2) is 58.4 Å². The first-order valence-corrected chi connectivity index (χ1v) is 8.79. The highest BCUT2D eigenvalue weighted by molar-refractivity contribution is 6.15. The quantitative estimate of drug-likeness (QED) is 0.786. The normalized spacial score (nSPS) is 22.7. The highest BCUT2D eigenvalue weighted by Gasteiger charge is 2.45. The van der Waals surface area contributed by atoms with Crippen LogP contribution in [0.25, 0.3) is 0 Å². The summed E-state index contributed by atoms with van der Waals surface area (Å²) in [6.07, 6.45) is 2.91. The topological polar surface area (TPSA) is 100 Å². The number of nitrogens with zero attached hydrogens (tertiary/aromatic N) is 1. The Hall–Kier alpha value is -3.06. The number of Topliss-reactive ketones (excluding diaryl/α,β-unsaturated/α-hetero) is 1. The summed E-state index contributed by atoms with van der Waals surface area (Å²) in [5.74, 6) is -1.74. The number of ether oxygens (including phenoxy) is 1. The second-order valence-corrected chi connectivity index (χ2v) is 6.66. The molecule has 1 aromatic carbocycles. The highest BCUT2D eigenvalue weighted by atomic mass is 16.5. The number of furan rings is 1. The maximum Gasteiger partial charge on any atom is 0.290 e. The molecule has 1 fully saturated rings. The number of rotatable bonds is 5. The number of phenolic OH excluding ortho intramolecular Hbond substituents is 1. The van der Waals surface area contributed by atoms with Gasteiger partial charge in [0.15, 0.2) is 11.5 Å². The lowest BCUT2D eigenvalue weighted by atomic mass is 9.94. The summed E-state index contributed by atoms with van der Waals surface area (Å²) in [6.45, 7) is 0.874. The summed E-state index contributed by atoms with van der Waals surface area (Å²) in [5, 5.41) is 20.4. The Labute approximate surface area is 155 Å². The van der Waals surface area contributed by atoms with Gasteiger partial charge in [0, 0.05) is 13.2 Å². The second kappa shape index (κ2) is 6.92. The Morgan fingerprint density at radius 3 is 2.74 bits per heavy atom. The van der Waals surface area contributed by atoms with Crippen LogP contribution in [0.5, 0.6) is 5.75 Å². The minimum atomic E-state index is -0.827. The van der Waals surface area contributed by atoms with Crippen LogP contribution in [0.4, 0.5) is 0 Å². The number of carbonyl (C=O) groups is 2. The van der Waals surface area contributed by atoms with E-state index in [0.29, 0.717) is 12.2 Å². The third-order valence-electron chi connectivity index (χ3n) is 4.90. The van der Waals surface area contributed by atoms with Crippen molar-refractivity contribution >= 4 is 11.7 Å². The third-order valence-corrected chi connectivity index (χ3v) is 4.90. The summed E-state index contributed by atoms with van der Waals surface area (Å²) in [6, 6.07) is 8.53. The average Bonchev–Trinajstić information content (AvgIpc) is 3.40. The van der Waals surface area contributed by atoms with Gasteiger partial charge in [-0.05, 0) is 42.7 Å². The van der Waals surface area contributed by atoms with E-state index in [0.717, 1.165) is 12.8 Å². The Kier molecular flexibility index (Phi) is 4.45. The molecule has 2 atom stereocenters. The van der Waals surface area contributed by atoms with Gasteiger partial charge in [-0.2, -0.15) is 0 Å². The molecule has 2 aliphatic heterocycles. The standard InChI is InChI=1S/C20H19NO6/c22-13-5-1-4-12(10-13)17-16(18(23)15-7-3-9-27-15)19(24)20(25)21(17)11-14-6-2-8-26-14/h1,3-5,7,9-10,14,17,22,24H,2,6,8,11H2/t14-,17+/m0/s1. The molecule has 2 N–H and O–H groups in total. The van der Waals surface area contributed by atoms with E-state index in [4.69, 9.17) is 9.15 Å². The first-order chi connectivity index (χ1) is 13.1. The van der Waals surface area contributed by atoms with Crippen molar-refractivity contribution in [1.29, 1.82) is 0 Å². The van der Waals surface area contributed by atoms with E-state index in [-0.39, 0.29) is 29.7 Å². The lowest BCUT2D eigenvalue weighted by molar-refractivity contribution is -0.131. The second-order valence-electron chi connectivity index (χ2n) is 6.66. The number of amides is 1. The van der Waals surface area contributed by atoms with E-state index in [2.05, 4.69) is 0 Å². The Morgan fingerprint density at radius 1 is 1.22 bits per heavy atom. The molecule has 7 heteroatoms. The summed E-state index contributed by atoms with van der Waals surface area (Å²) in [5.41, 5.74) is 0.471. The molecule has 0 aliphatic carbocycles. The van der Waals surface area contributed by atoms with Crippen LogP contribution in [-0.2, 0) is 9.53 Å². The molecule has 0 radical (unpaired) electrons. The van der Waals surface area contributed by atoms with Gasteiger partial charge in [-0.1, -0.05) is 12.1 Å². The zero-order chi connectivity index (χ0) is 19.0. The lowest BCUT2D eigenvalue weighted by Gasteiger charge is -2.28. The van der Waals surface area contributed by atoms with Crippen LogP contribution in [0, 0.1) is 0 Å². The number of hydrogen-bond acceptors (Lipinski definition) is 6. The Balaban J connectivity index is 1.76. The van der Waals surface area contributed by atoms with Crippen molar-refractivity contribution in [2.24, 2.45) is 0 Å². The van der Waals surface area contributed by atoms with Crippen LogP contribution in [0.2, 0.25) is 0 Å².